The predicted molar refractivity (Wildman–Crippen MR) is 124 cm³/mol. The molecule has 1 saturated heterocycles. The lowest BCUT2D eigenvalue weighted by molar-refractivity contribution is -0.135. The number of aromatic nitrogens is 1. The summed E-state index contributed by atoms with van der Waals surface area (Å²) in [6.45, 7) is 2.55. The van der Waals surface area contributed by atoms with Gasteiger partial charge in [-0.15, -0.1) is 0 Å². The van der Waals surface area contributed by atoms with E-state index in [1.807, 2.05) is 12.4 Å². The van der Waals surface area contributed by atoms with E-state index >= 15 is 0 Å². The fourth-order valence-corrected chi connectivity index (χ4v) is 8.31. The molecule has 1 unspecified atom stereocenters. The number of hydrogen-bond acceptors (Lipinski definition) is 3. The lowest BCUT2D eigenvalue weighted by Crippen LogP contribution is -2.54. The molecule has 2 N–H and O–H groups in total. The number of benzene rings is 1. The third-order valence-electron chi connectivity index (χ3n) is 9.79. The molecule has 3 aliphatic carbocycles. The molecule has 2 spiro atoms. The maximum atomic E-state index is 7.26. The molecule has 3 fully saturated rings. The predicted octanol–water partition coefficient (Wildman–Crippen LogP) is 5.80. The summed E-state index contributed by atoms with van der Waals surface area (Å²) in [5.41, 5.74) is 11.0. The van der Waals surface area contributed by atoms with Crippen molar-refractivity contribution in [2.75, 3.05) is 0 Å². The Morgan fingerprint density at radius 3 is 2.97 bits per heavy atom. The number of fused-ring (bicyclic) bond motifs is 2. The van der Waals surface area contributed by atoms with Gasteiger partial charge in [-0.1, -0.05) is 31.2 Å². The monoisotopic (exact) mass is 412 g/mol. The molecule has 6 atom stereocenters. The van der Waals surface area contributed by atoms with E-state index in [0.717, 1.165) is 32.1 Å². The van der Waals surface area contributed by atoms with E-state index in [0.29, 0.717) is 11.8 Å². The quantitative estimate of drug-likeness (QED) is 0.643. The Morgan fingerprint density at radius 1 is 1.10 bits per heavy atom. The number of ether oxygens (including phenoxy) is 1. The number of allylic oxidation sites excluding steroid dienone is 1. The van der Waals surface area contributed by atoms with Gasteiger partial charge in [-0.05, 0) is 103 Å². The van der Waals surface area contributed by atoms with Crippen molar-refractivity contribution in [3.8, 4) is 0 Å². The number of rotatable bonds is 1. The van der Waals surface area contributed by atoms with Gasteiger partial charge in [0, 0.05) is 23.8 Å². The van der Waals surface area contributed by atoms with E-state index in [2.05, 4.69) is 48.3 Å². The highest BCUT2D eigenvalue weighted by Gasteiger charge is 2.66. The van der Waals surface area contributed by atoms with E-state index in [9.17, 15) is 0 Å². The molecule has 31 heavy (non-hydrogen) atoms. The molecular formula is C28H32N2O. The van der Waals surface area contributed by atoms with E-state index in [1.54, 1.807) is 0 Å². The first-order chi connectivity index (χ1) is 15.0. The highest BCUT2D eigenvalue weighted by molar-refractivity contribution is 5.82. The van der Waals surface area contributed by atoms with Gasteiger partial charge in [0.25, 0.3) is 0 Å². The van der Waals surface area contributed by atoms with Gasteiger partial charge in [-0.25, -0.2) is 0 Å². The molecule has 2 aliphatic heterocycles. The first-order valence-electron chi connectivity index (χ1n) is 12.2. The second-order valence-electron chi connectivity index (χ2n) is 11.2. The number of nitrogens with zero attached hydrogens (tertiary/aromatic N) is 1. The number of nitrogens with two attached hydrogens (primary N) is 1. The van der Waals surface area contributed by atoms with Gasteiger partial charge in [-0.2, -0.15) is 0 Å². The minimum absolute atomic E-state index is 0.0695. The van der Waals surface area contributed by atoms with Crippen molar-refractivity contribution in [1.82, 2.24) is 4.98 Å². The topological polar surface area (TPSA) is 48.1 Å². The summed E-state index contributed by atoms with van der Waals surface area (Å²) in [5, 5.41) is 2.54. The maximum Gasteiger partial charge on any atom is 0.0974 e. The molecular weight excluding hydrogens is 380 g/mol. The zero-order chi connectivity index (χ0) is 20.8. The van der Waals surface area contributed by atoms with Crippen molar-refractivity contribution in [2.24, 2.45) is 17.1 Å². The fraction of sp³-hybridized carbons (Fsp3) is 0.536. The Morgan fingerprint density at radius 2 is 2.03 bits per heavy atom. The second kappa shape index (κ2) is 6.08. The molecule has 1 aromatic carbocycles. The van der Waals surface area contributed by atoms with Crippen LogP contribution in [0.4, 0.5) is 0 Å². The van der Waals surface area contributed by atoms with Crippen molar-refractivity contribution in [3.63, 3.8) is 0 Å². The Kier molecular flexibility index (Phi) is 3.65. The standard InChI is InChI=1S/C28H32N2O/c1-26-10-8-22-15-21-4-5-23(29)16-27(21)11-12-28(22,31-27)25(26)7-6-24(26)19-3-2-18-9-13-30-17-20(18)14-19/h2-3,8-9,13-15,17,23-25H,4-7,10-12,16,29H2,1H3/t23-,24-,25-,26-,27-,28?/m1/s1. The average Bonchev–Trinajstić information content (AvgIpc) is 3.28. The molecule has 7 rings (SSSR count). The van der Waals surface area contributed by atoms with Gasteiger partial charge in [0.05, 0.1) is 11.2 Å². The third kappa shape index (κ3) is 2.34. The first-order valence-corrected chi connectivity index (χ1v) is 12.2. The van der Waals surface area contributed by atoms with Crippen molar-refractivity contribution in [3.05, 3.63) is 65.5 Å². The molecule has 5 aliphatic rings. The molecule has 2 bridgehead atoms. The van der Waals surface area contributed by atoms with E-state index in [1.165, 1.54) is 46.7 Å². The Bertz CT molecular complexity index is 1150. The average molecular weight is 413 g/mol. The highest BCUT2D eigenvalue weighted by atomic mass is 16.5. The van der Waals surface area contributed by atoms with Crippen LogP contribution in [-0.2, 0) is 4.74 Å². The van der Waals surface area contributed by atoms with Crippen LogP contribution < -0.4 is 5.73 Å². The Hall–Kier alpha value is -1.97. The van der Waals surface area contributed by atoms with E-state index in [-0.39, 0.29) is 22.7 Å². The van der Waals surface area contributed by atoms with Gasteiger partial charge in [0.2, 0.25) is 0 Å². The summed E-state index contributed by atoms with van der Waals surface area (Å²) in [4.78, 5) is 4.36. The molecule has 1 aromatic heterocycles. The third-order valence-corrected chi connectivity index (χ3v) is 9.79. The van der Waals surface area contributed by atoms with Gasteiger partial charge in [-0.3, -0.25) is 4.98 Å². The van der Waals surface area contributed by atoms with Crippen LogP contribution in [0.1, 0.15) is 69.8 Å². The minimum Gasteiger partial charge on any atom is -0.359 e. The zero-order valence-corrected chi connectivity index (χ0v) is 18.4. The summed E-state index contributed by atoms with van der Waals surface area (Å²) in [6.07, 6.45) is 18.2. The number of hydrogen-bond donors (Lipinski definition) is 1. The van der Waals surface area contributed by atoms with Crippen LogP contribution in [0.15, 0.2) is 60.0 Å². The Balaban J connectivity index is 1.31. The SMILES string of the molecule is C[C@]12CC=C3C=C4CC[C@@H](N)C[C@]45CCC3(O5)[C@@H]1CC[C@@H]2c1ccc2ccncc2c1. The van der Waals surface area contributed by atoms with Crippen molar-refractivity contribution in [2.45, 2.75) is 81.5 Å². The smallest absolute Gasteiger partial charge is 0.0974 e. The van der Waals surface area contributed by atoms with Crippen LogP contribution in [0.5, 0.6) is 0 Å². The lowest BCUT2D eigenvalue weighted by atomic mass is 9.58. The highest BCUT2D eigenvalue weighted by Crippen LogP contribution is 2.69. The van der Waals surface area contributed by atoms with Crippen molar-refractivity contribution < 1.29 is 4.74 Å². The fourth-order valence-electron chi connectivity index (χ4n) is 8.31. The van der Waals surface area contributed by atoms with Crippen molar-refractivity contribution in [1.29, 1.82) is 0 Å². The minimum atomic E-state index is -0.0826. The van der Waals surface area contributed by atoms with E-state index < -0.39 is 0 Å². The molecule has 3 nitrogen and oxygen atoms in total. The molecule has 3 heterocycles. The molecule has 2 saturated carbocycles. The van der Waals surface area contributed by atoms with Crippen LogP contribution in [0.3, 0.4) is 0 Å². The van der Waals surface area contributed by atoms with Crippen LogP contribution >= 0.6 is 0 Å². The summed E-state index contributed by atoms with van der Waals surface area (Å²) < 4.78 is 7.26. The normalized spacial score (nSPS) is 43.1. The van der Waals surface area contributed by atoms with Gasteiger partial charge in [0.15, 0.2) is 0 Å². The van der Waals surface area contributed by atoms with Crippen LogP contribution in [0, 0.1) is 11.3 Å². The summed E-state index contributed by atoms with van der Waals surface area (Å²) in [7, 11) is 0. The lowest BCUT2D eigenvalue weighted by Gasteiger charge is -2.54. The van der Waals surface area contributed by atoms with Gasteiger partial charge >= 0.3 is 0 Å². The zero-order valence-electron chi connectivity index (χ0n) is 18.4. The first kappa shape index (κ1) is 18.6. The molecule has 0 radical (unpaired) electrons. The number of pyridine rings is 1. The van der Waals surface area contributed by atoms with Gasteiger partial charge in [0.1, 0.15) is 0 Å². The summed E-state index contributed by atoms with van der Waals surface area (Å²) in [5.74, 6) is 1.17. The molecule has 0 amide bonds. The molecule has 3 heteroatoms. The molecule has 160 valence electrons. The summed E-state index contributed by atoms with van der Waals surface area (Å²) in [6, 6.07) is 9.45. The Labute approximate surface area is 184 Å². The maximum absolute atomic E-state index is 7.26. The van der Waals surface area contributed by atoms with Crippen LogP contribution in [-0.4, -0.2) is 22.2 Å². The van der Waals surface area contributed by atoms with Crippen LogP contribution in [0.25, 0.3) is 10.8 Å². The second-order valence-corrected chi connectivity index (χ2v) is 11.2. The largest absolute Gasteiger partial charge is 0.359 e. The van der Waals surface area contributed by atoms with Crippen LogP contribution in [0.2, 0.25) is 0 Å². The molecule has 2 aromatic rings. The summed E-state index contributed by atoms with van der Waals surface area (Å²) >= 11 is 0. The van der Waals surface area contributed by atoms with Crippen molar-refractivity contribution >= 4 is 10.8 Å². The van der Waals surface area contributed by atoms with Gasteiger partial charge < -0.3 is 10.5 Å². The van der Waals surface area contributed by atoms with E-state index in [4.69, 9.17) is 10.5 Å².